The zero-order valence-corrected chi connectivity index (χ0v) is 5.22. The Morgan fingerprint density at radius 1 is 1.45 bits per heavy atom. The molecule has 1 aromatic heterocycles. The number of nitrogens with zero attached hydrogens (tertiary/aromatic N) is 2. The number of hydrogen-bond acceptors (Lipinski definition) is 2. The summed E-state index contributed by atoms with van der Waals surface area (Å²) in [5, 5.41) is 0. The monoisotopic (exact) mass is 164 g/mol. The first-order valence-corrected chi connectivity index (χ1v) is 2.67. The first-order chi connectivity index (χ1) is 5.16. The molecule has 0 spiro atoms. The highest BCUT2D eigenvalue weighted by atomic mass is 19.2. The van der Waals surface area contributed by atoms with Gasteiger partial charge < -0.3 is 4.79 Å². The highest BCUT2D eigenvalue weighted by Gasteiger charge is 2.15. The summed E-state index contributed by atoms with van der Waals surface area (Å²) in [7, 11) is 0. The van der Waals surface area contributed by atoms with E-state index in [0.717, 1.165) is 0 Å². The zero-order valence-electron chi connectivity index (χ0n) is 5.22. The second kappa shape index (κ2) is 2.73. The number of carbonyl (C=O) groups excluding carboxylic acids is 1. The van der Waals surface area contributed by atoms with Crippen molar-refractivity contribution in [3.05, 3.63) is 18.0 Å². The first kappa shape index (κ1) is 7.77. The van der Waals surface area contributed by atoms with Gasteiger partial charge in [0.1, 0.15) is 6.29 Å². The summed E-state index contributed by atoms with van der Waals surface area (Å²) in [6, 6.07) is 0. The number of rotatable bonds is 2. The Morgan fingerprint density at radius 3 is 2.45 bits per heavy atom. The van der Waals surface area contributed by atoms with E-state index in [1.165, 1.54) is 0 Å². The van der Waals surface area contributed by atoms with E-state index in [1.807, 2.05) is 0 Å². The molecule has 60 valence electrons. The van der Waals surface area contributed by atoms with E-state index in [4.69, 9.17) is 0 Å². The maximum Gasteiger partial charge on any atom is 0.294 e. The molecular formula is C5H3F3N2O. The van der Waals surface area contributed by atoms with E-state index in [1.54, 1.807) is 0 Å². The summed E-state index contributed by atoms with van der Waals surface area (Å²) in [6.07, 6.45) is -1.10. The second-order valence-corrected chi connectivity index (χ2v) is 1.74. The van der Waals surface area contributed by atoms with Gasteiger partial charge in [0.2, 0.25) is 0 Å². The maximum atomic E-state index is 12.3. The molecule has 0 fully saturated rings. The van der Waals surface area contributed by atoms with Gasteiger partial charge in [-0.2, -0.15) is 18.2 Å². The van der Waals surface area contributed by atoms with Crippen LogP contribution in [0.4, 0.5) is 13.2 Å². The van der Waals surface area contributed by atoms with Crippen molar-refractivity contribution in [1.29, 1.82) is 0 Å². The average molecular weight is 164 g/mol. The van der Waals surface area contributed by atoms with Gasteiger partial charge in [-0.15, -0.1) is 0 Å². The quantitative estimate of drug-likeness (QED) is 0.596. The van der Waals surface area contributed by atoms with Gasteiger partial charge in [0.15, 0.2) is 0 Å². The molecule has 0 bridgehead atoms. The summed E-state index contributed by atoms with van der Waals surface area (Å²) >= 11 is 0. The van der Waals surface area contributed by atoms with Gasteiger partial charge in [0.05, 0.1) is 6.54 Å². The van der Waals surface area contributed by atoms with E-state index >= 15 is 0 Å². The van der Waals surface area contributed by atoms with Crippen LogP contribution in [0.2, 0.25) is 0 Å². The van der Waals surface area contributed by atoms with Crippen molar-refractivity contribution in [3.8, 4) is 0 Å². The first-order valence-electron chi connectivity index (χ1n) is 2.67. The third-order valence-electron chi connectivity index (χ3n) is 1.08. The number of carbonyl (C=O) groups is 1. The molecule has 0 amide bonds. The molecule has 11 heavy (non-hydrogen) atoms. The predicted octanol–water partition coefficient (Wildman–Crippen LogP) is 0.499. The van der Waals surface area contributed by atoms with Crippen molar-refractivity contribution in [3.63, 3.8) is 0 Å². The van der Waals surface area contributed by atoms with Gasteiger partial charge >= 0.3 is 0 Å². The third kappa shape index (κ3) is 1.24. The fourth-order valence-corrected chi connectivity index (χ4v) is 0.610. The zero-order chi connectivity index (χ0) is 8.43. The van der Waals surface area contributed by atoms with Gasteiger partial charge in [0, 0.05) is 0 Å². The van der Waals surface area contributed by atoms with Crippen molar-refractivity contribution in [2.75, 3.05) is 0 Å². The lowest BCUT2D eigenvalue weighted by molar-refractivity contribution is -0.108. The molecule has 0 saturated carbocycles. The molecule has 0 saturated heterocycles. The van der Waals surface area contributed by atoms with Crippen molar-refractivity contribution in [2.45, 2.75) is 6.54 Å². The molecule has 1 rings (SSSR count). The fraction of sp³-hybridized carbons (Fsp3) is 0.200. The molecule has 0 radical (unpaired) electrons. The Bertz CT molecular complexity index is 284. The standard InChI is InChI=1S/C5H3F3N2O/c6-3-4(7)10(1-2-11)5(8)9-3/h2H,1H2. The number of aldehydes is 1. The second-order valence-electron chi connectivity index (χ2n) is 1.74. The van der Waals surface area contributed by atoms with Crippen LogP contribution in [0.15, 0.2) is 0 Å². The van der Waals surface area contributed by atoms with Crippen LogP contribution in [0.25, 0.3) is 0 Å². The summed E-state index contributed by atoms with van der Waals surface area (Å²) in [5.41, 5.74) is 0. The van der Waals surface area contributed by atoms with Crippen molar-refractivity contribution in [2.24, 2.45) is 0 Å². The molecule has 0 aliphatic carbocycles. The van der Waals surface area contributed by atoms with Crippen LogP contribution in [0.5, 0.6) is 0 Å². The Kier molecular flexibility index (Phi) is 1.93. The molecule has 0 aromatic carbocycles. The highest BCUT2D eigenvalue weighted by Crippen LogP contribution is 2.05. The third-order valence-corrected chi connectivity index (χ3v) is 1.08. The van der Waals surface area contributed by atoms with Crippen molar-refractivity contribution < 1.29 is 18.0 Å². The lowest BCUT2D eigenvalue weighted by atomic mass is 10.7. The smallest absolute Gasteiger partial charge is 0.294 e. The highest BCUT2D eigenvalue weighted by molar-refractivity contribution is 5.49. The largest absolute Gasteiger partial charge is 0.301 e. The van der Waals surface area contributed by atoms with Gasteiger partial charge in [-0.05, 0) is 0 Å². The number of halogens is 3. The van der Waals surface area contributed by atoms with E-state index in [9.17, 15) is 18.0 Å². The molecule has 0 unspecified atom stereocenters. The van der Waals surface area contributed by atoms with E-state index < -0.39 is 24.5 Å². The van der Waals surface area contributed by atoms with Crippen LogP contribution in [0.1, 0.15) is 0 Å². The summed E-state index contributed by atoms with van der Waals surface area (Å²) in [4.78, 5) is 12.3. The minimum Gasteiger partial charge on any atom is -0.301 e. The molecule has 6 heteroatoms. The number of imidazole rings is 1. The van der Waals surface area contributed by atoms with Crippen LogP contribution < -0.4 is 0 Å². The Hall–Kier alpha value is -1.33. The van der Waals surface area contributed by atoms with E-state index in [0.29, 0.717) is 0 Å². The maximum absolute atomic E-state index is 12.3. The van der Waals surface area contributed by atoms with Crippen LogP contribution >= 0.6 is 0 Å². The predicted molar refractivity (Wildman–Crippen MR) is 28.2 cm³/mol. The van der Waals surface area contributed by atoms with Gasteiger partial charge in [-0.3, -0.25) is 4.57 Å². The number of aromatic nitrogens is 2. The Balaban J connectivity index is 3.11. The molecule has 0 atom stereocenters. The molecule has 3 nitrogen and oxygen atoms in total. The van der Waals surface area contributed by atoms with Crippen LogP contribution in [0, 0.1) is 18.0 Å². The molecular weight excluding hydrogens is 161 g/mol. The summed E-state index contributed by atoms with van der Waals surface area (Å²) in [5.74, 6) is -3.00. The molecule has 1 heterocycles. The topological polar surface area (TPSA) is 34.9 Å². The molecule has 0 aliphatic rings. The van der Waals surface area contributed by atoms with E-state index in [-0.39, 0.29) is 10.9 Å². The van der Waals surface area contributed by atoms with E-state index in [2.05, 4.69) is 4.98 Å². The molecule has 0 aliphatic heterocycles. The lowest BCUT2D eigenvalue weighted by Crippen LogP contribution is -2.05. The average Bonchev–Trinajstić information content (AvgIpc) is 2.17. The minimum absolute atomic E-state index is 0.197. The van der Waals surface area contributed by atoms with Crippen molar-refractivity contribution in [1.82, 2.24) is 9.55 Å². The molecule has 0 N–H and O–H groups in total. The van der Waals surface area contributed by atoms with Gasteiger partial charge in [-0.1, -0.05) is 0 Å². The van der Waals surface area contributed by atoms with Gasteiger partial charge in [-0.25, -0.2) is 0 Å². The molecule has 1 aromatic rings. The van der Waals surface area contributed by atoms with Crippen LogP contribution in [0.3, 0.4) is 0 Å². The Morgan fingerprint density at radius 2 is 2.09 bits per heavy atom. The SMILES string of the molecule is O=CCn1c(F)nc(F)c1F. The van der Waals surface area contributed by atoms with Crippen LogP contribution in [-0.2, 0) is 11.3 Å². The lowest BCUT2D eigenvalue weighted by Gasteiger charge is -1.93. The normalized spacial score (nSPS) is 10.1. The Labute approximate surface area is 59.5 Å². The number of hydrogen-bond donors (Lipinski definition) is 0. The summed E-state index contributed by atoms with van der Waals surface area (Å²) < 4.78 is 36.9. The van der Waals surface area contributed by atoms with Crippen LogP contribution in [-0.4, -0.2) is 15.8 Å². The summed E-state index contributed by atoms with van der Waals surface area (Å²) in [6.45, 7) is -0.575. The van der Waals surface area contributed by atoms with Crippen molar-refractivity contribution >= 4 is 6.29 Å². The van der Waals surface area contributed by atoms with Gasteiger partial charge in [0.25, 0.3) is 18.0 Å². The minimum atomic E-state index is -1.54. The fourth-order valence-electron chi connectivity index (χ4n) is 0.610.